The predicted octanol–water partition coefficient (Wildman–Crippen LogP) is 5.87. The van der Waals surface area contributed by atoms with Gasteiger partial charge in [0, 0.05) is 17.7 Å². The van der Waals surface area contributed by atoms with Crippen molar-refractivity contribution in [2.75, 3.05) is 0 Å². The van der Waals surface area contributed by atoms with Crippen molar-refractivity contribution < 1.29 is 4.74 Å². The van der Waals surface area contributed by atoms with Crippen molar-refractivity contribution in [3.05, 3.63) is 88.6 Å². The quantitative estimate of drug-likeness (QED) is 0.633. The van der Waals surface area contributed by atoms with Crippen LogP contribution in [0.15, 0.2) is 60.8 Å². The van der Waals surface area contributed by atoms with Gasteiger partial charge < -0.3 is 9.64 Å². The van der Waals surface area contributed by atoms with Crippen molar-refractivity contribution in [2.24, 2.45) is 5.92 Å². The SMILES string of the molecule is Cc1cc(C)cc(C2=CC3c4ccccc4[C@@]4(OC(C)CC4C)N3C=C2)c1. The monoisotopic (exact) mass is 357 g/mol. The van der Waals surface area contributed by atoms with Crippen molar-refractivity contribution in [3.63, 3.8) is 0 Å². The minimum Gasteiger partial charge on any atom is -0.348 e. The van der Waals surface area contributed by atoms with E-state index in [2.05, 4.69) is 93.4 Å². The topological polar surface area (TPSA) is 12.5 Å². The van der Waals surface area contributed by atoms with Crippen molar-refractivity contribution >= 4 is 5.57 Å². The molecule has 4 atom stereocenters. The predicted molar refractivity (Wildman–Crippen MR) is 110 cm³/mol. The number of allylic oxidation sites excluding steroid dienone is 2. The average Bonchev–Trinajstić information content (AvgIpc) is 3.09. The molecule has 2 heteroatoms. The van der Waals surface area contributed by atoms with Gasteiger partial charge in [-0.25, -0.2) is 0 Å². The molecule has 0 aromatic heterocycles. The summed E-state index contributed by atoms with van der Waals surface area (Å²) in [6.07, 6.45) is 8.33. The van der Waals surface area contributed by atoms with Gasteiger partial charge in [-0.1, -0.05) is 60.5 Å². The fourth-order valence-electron chi connectivity index (χ4n) is 5.44. The molecule has 0 N–H and O–H groups in total. The molecule has 2 nitrogen and oxygen atoms in total. The molecule has 0 aliphatic carbocycles. The average molecular weight is 357 g/mol. The van der Waals surface area contributed by atoms with E-state index in [4.69, 9.17) is 4.74 Å². The van der Waals surface area contributed by atoms with Crippen LogP contribution < -0.4 is 0 Å². The van der Waals surface area contributed by atoms with Crippen LogP contribution in [0.1, 0.15) is 54.1 Å². The fourth-order valence-corrected chi connectivity index (χ4v) is 5.44. The Hall–Kier alpha value is -2.32. The Labute approximate surface area is 162 Å². The van der Waals surface area contributed by atoms with Crippen molar-refractivity contribution in [1.82, 2.24) is 4.90 Å². The van der Waals surface area contributed by atoms with Crippen molar-refractivity contribution in [1.29, 1.82) is 0 Å². The number of fused-ring (bicyclic) bond motifs is 5. The van der Waals surface area contributed by atoms with Gasteiger partial charge in [0.1, 0.15) is 0 Å². The number of benzene rings is 2. The van der Waals surface area contributed by atoms with Crippen LogP contribution in [0.3, 0.4) is 0 Å². The summed E-state index contributed by atoms with van der Waals surface area (Å²) in [6.45, 7) is 8.88. The highest BCUT2D eigenvalue weighted by molar-refractivity contribution is 5.77. The highest BCUT2D eigenvalue weighted by Gasteiger charge is 2.57. The summed E-state index contributed by atoms with van der Waals surface area (Å²) in [4.78, 5) is 2.46. The zero-order valence-corrected chi connectivity index (χ0v) is 16.6. The second kappa shape index (κ2) is 5.84. The van der Waals surface area contributed by atoms with E-state index in [1.807, 2.05) is 0 Å². The molecule has 3 aliphatic heterocycles. The van der Waals surface area contributed by atoms with Gasteiger partial charge in [-0.3, -0.25) is 0 Å². The van der Waals surface area contributed by atoms with Gasteiger partial charge in [0.2, 0.25) is 0 Å². The number of ether oxygens (including phenoxy) is 1. The van der Waals surface area contributed by atoms with Crippen LogP contribution in [0.2, 0.25) is 0 Å². The van der Waals surface area contributed by atoms with E-state index in [0.29, 0.717) is 5.92 Å². The molecule has 27 heavy (non-hydrogen) atoms. The maximum Gasteiger partial charge on any atom is 0.171 e. The third-order valence-corrected chi connectivity index (χ3v) is 6.39. The van der Waals surface area contributed by atoms with Crippen LogP contribution in [0.25, 0.3) is 5.57 Å². The maximum atomic E-state index is 6.64. The lowest BCUT2D eigenvalue weighted by molar-refractivity contribution is -0.146. The Morgan fingerprint density at radius 3 is 2.48 bits per heavy atom. The number of rotatable bonds is 1. The Morgan fingerprint density at radius 2 is 1.78 bits per heavy atom. The lowest BCUT2D eigenvalue weighted by Crippen LogP contribution is -2.43. The van der Waals surface area contributed by atoms with Gasteiger partial charge in [-0.05, 0) is 56.0 Å². The molecule has 0 amide bonds. The van der Waals surface area contributed by atoms with Crippen LogP contribution >= 0.6 is 0 Å². The maximum absolute atomic E-state index is 6.64. The van der Waals surface area contributed by atoms with E-state index in [-0.39, 0.29) is 17.9 Å². The molecule has 1 saturated heterocycles. The lowest BCUT2D eigenvalue weighted by atomic mass is 9.89. The summed E-state index contributed by atoms with van der Waals surface area (Å²) in [5, 5.41) is 0. The second-order valence-electron chi connectivity index (χ2n) is 8.52. The zero-order chi connectivity index (χ0) is 18.8. The summed E-state index contributed by atoms with van der Waals surface area (Å²) >= 11 is 0. The van der Waals surface area contributed by atoms with Gasteiger partial charge in [-0.15, -0.1) is 0 Å². The fraction of sp³-hybridized carbons (Fsp3) is 0.360. The molecule has 0 radical (unpaired) electrons. The third-order valence-electron chi connectivity index (χ3n) is 6.39. The Bertz CT molecular complexity index is 952. The number of nitrogens with zero attached hydrogens (tertiary/aromatic N) is 1. The Balaban J connectivity index is 1.64. The van der Waals surface area contributed by atoms with E-state index in [0.717, 1.165) is 6.42 Å². The number of aryl methyl sites for hydroxylation is 2. The number of hydrogen-bond acceptors (Lipinski definition) is 2. The highest BCUT2D eigenvalue weighted by Crippen LogP contribution is 2.57. The molecule has 5 rings (SSSR count). The first kappa shape index (κ1) is 16.8. The smallest absolute Gasteiger partial charge is 0.171 e. The van der Waals surface area contributed by atoms with Crippen molar-refractivity contribution in [2.45, 2.75) is 52.0 Å². The minimum atomic E-state index is -0.332. The Kier molecular flexibility index (Phi) is 3.64. The van der Waals surface area contributed by atoms with E-state index >= 15 is 0 Å². The first-order valence-electron chi connectivity index (χ1n) is 10.0. The summed E-state index contributed by atoms with van der Waals surface area (Å²) in [5.41, 5.74) is 7.61. The lowest BCUT2D eigenvalue weighted by Gasteiger charge is -2.41. The molecule has 3 aliphatic rings. The molecule has 1 spiro atoms. The van der Waals surface area contributed by atoms with Crippen LogP contribution in [0.4, 0.5) is 0 Å². The van der Waals surface area contributed by atoms with Crippen LogP contribution in [0, 0.1) is 19.8 Å². The molecular formula is C25H27NO. The zero-order valence-electron chi connectivity index (χ0n) is 16.6. The summed E-state index contributed by atoms with van der Waals surface area (Å²) < 4.78 is 6.64. The van der Waals surface area contributed by atoms with Crippen LogP contribution in [-0.4, -0.2) is 11.0 Å². The standard InChI is InChI=1S/C25H27NO/c1-16-11-17(2)13-21(12-16)20-9-10-26-24(15-20)22-7-5-6-8-23(22)25(26)18(3)14-19(4)27-25/h5-13,15,18-19,24H,14H2,1-4H3/t18?,19?,24?,25-/m1/s1. The van der Waals surface area contributed by atoms with E-state index < -0.39 is 0 Å². The van der Waals surface area contributed by atoms with E-state index in [1.54, 1.807) is 0 Å². The number of hydrogen-bond donors (Lipinski definition) is 0. The molecule has 2 aromatic rings. The molecule has 3 heterocycles. The van der Waals surface area contributed by atoms with Crippen LogP contribution in [0.5, 0.6) is 0 Å². The molecule has 138 valence electrons. The first-order chi connectivity index (χ1) is 13.0. The highest BCUT2D eigenvalue weighted by atomic mass is 16.5. The summed E-state index contributed by atoms with van der Waals surface area (Å²) in [5.74, 6) is 0.458. The molecular weight excluding hydrogens is 330 g/mol. The van der Waals surface area contributed by atoms with Gasteiger partial charge >= 0.3 is 0 Å². The minimum absolute atomic E-state index is 0.231. The summed E-state index contributed by atoms with van der Waals surface area (Å²) in [6, 6.07) is 15.9. The molecule has 0 bridgehead atoms. The van der Waals surface area contributed by atoms with Gasteiger partial charge in [0.15, 0.2) is 5.72 Å². The van der Waals surface area contributed by atoms with E-state index in [9.17, 15) is 0 Å². The van der Waals surface area contributed by atoms with Crippen molar-refractivity contribution in [3.8, 4) is 0 Å². The Morgan fingerprint density at radius 1 is 1.04 bits per heavy atom. The molecule has 1 fully saturated rings. The molecule has 0 saturated carbocycles. The normalized spacial score (nSPS) is 31.2. The molecule has 2 aromatic carbocycles. The first-order valence-corrected chi connectivity index (χ1v) is 10.0. The van der Waals surface area contributed by atoms with Gasteiger partial charge in [-0.2, -0.15) is 0 Å². The second-order valence-corrected chi connectivity index (χ2v) is 8.52. The van der Waals surface area contributed by atoms with E-state index in [1.165, 1.54) is 33.4 Å². The van der Waals surface area contributed by atoms with Gasteiger partial charge in [0.05, 0.1) is 12.1 Å². The third kappa shape index (κ3) is 2.36. The largest absolute Gasteiger partial charge is 0.348 e. The van der Waals surface area contributed by atoms with Crippen LogP contribution in [-0.2, 0) is 10.5 Å². The summed E-state index contributed by atoms with van der Waals surface area (Å²) in [7, 11) is 0. The van der Waals surface area contributed by atoms with Gasteiger partial charge in [0.25, 0.3) is 0 Å². The molecule has 3 unspecified atom stereocenters.